The molecule has 2 aromatic heterocycles. The summed E-state index contributed by atoms with van der Waals surface area (Å²) in [6.45, 7) is 1.75. The lowest BCUT2D eigenvalue weighted by atomic mass is 9.96. The molecule has 2 heterocycles. The number of fused-ring (bicyclic) bond motifs is 2. The standard InChI is InChI=1S/C21H14O7/c1-9-6-11-14-13(7-9)27-21(24)17-16(14)19(28-20(11)23)15-10(18(17)22)4-3-5-12(15)26-8-25-2/h3-7,22H,8H2,1-2H3. The van der Waals surface area contributed by atoms with E-state index in [2.05, 4.69) is 0 Å². The van der Waals surface area contributed by atoms with Crippen LogP contribution >= 0.6 is 0 Å². The van der Waals surface area contributed by atoms with Crippen molar-refractivity contribution >= 4 is 43.5 Å². The van der Waals surface area contributed by atoms with E-state index in [1.165, 1.54) is 7.11 Å². The molecule has 0 saturated heterocycles. The summed E-state index contributed by atoms with van der Waals surface area (Å²) in [5.74, 6) is 0.105. The van der Waals surface area contributed by atoms with Crippen molar-refractivity contribution in [3.63, 3.8) is 0 Å². The Hall–Kier alpha value is -3.58. The first-order valence-electron chi connectivity index (χ1n) is 8.54. The van der Waals surface area contributed by atoms with Crippen LogP contribution in [-0.4, -0.2) is 19.0 Å². The number of rotatable bonds is 3. The van der Waals surface area contributed by atoms with Crippen LogP contribution < -0.4 is 16.0 Å². The predicted molar refractivity (Wildman–Crippen MR) is 104 cm³/mol. The van der Waals surface area contributed by atoms with Crippen LogP contribution in [0.25, 0.3) is 43.5 Å². The van der Waals surface area contributed by atoms with Crippen LogP contribution in [-0.2, 0) is 4.74 Å². The van der Waals surface area contributed by atoms with Crippen molar-refractivity contribution in [2.45, 2.75) is 6.92 Å². The summed E-state index contributed by atoms with van der Waals surface area (Å²) in [5.41, 5.74) is -0.0986. The van der Waals surface area contributed by atoms with E-state index in [0.717, 1.165) is 5.56 Å². The van der Waals surface area contributed by atoms with Gasteiger partial charge in [-0.15, -0.1) is 0 Å². The highest BCUT2D eigenvalue weighted by molar-refractivity contribution is 6.28. The molecule has 28 heavy (non-hydrogen) atoms. The van der Waals surface area contributed by atoms with E-state index in [1.807, 2.05) is 0 Å². The van der Waals surface area contributed by atoms with Crippen LogP contribution in [0.5, 0.6) is 11.5 Å². The van der Waals surface area contributed by atoms with Crippen LogP contribution in [0.2, 0.25) is 0 Å². The second-order valence-corrected chi connectivity index (χ2v) is 6.62. The van der Waals surface area contributed by atoms with E-state index in [1.54, 1.807) is 37.3 Å². The van der Waals surface area contributed by atoms with Crippen LogP contribution in [0.4, 0.5) is 0 Å². The van der Waals surface area contributed by atoms with Crippen molar-refractivity contribution in [1.29, 1.82) is 0 Å². The van der Waals surface area contributed by atoms with Gasteiger partial charge in [0.25, 0.3) is 0 Å². The second kappa shape index (κ2) is 5.71. The molecule has 0 amide bonds. The monoisotopic (exact) mass is 378 g/mol. The molecule has 7 heteroatoms. The largest absolute Gasteiger partial charge is 0.506 e. The number of benzene rings is 3. The molecule has 0 unspecified atom stereocenters. The molecular weight excluding hydrogens is 364 g/mol. The molecule has 0 radical (unpaired) electrons. The Balaban J connectivity index is 2.15. The number of phenols is 1. The van der Waals surface area contributed by atoms with Gasteiger partial charge in [-0.1, -0.05) is 12.1 Å². The third-order valence-corrected chi connectivity index (χ3v) is 4.87. The number of aromatic hydroxyl groups is 1. The normalized spacial score (nSPS) is 11.9. The number of methoxy groups -OCH3 is 1. The Morgan fingerprint density at radius 1 is 0.964 bits per heavy atom. The van der Waals surface area contributed by atoms with Crippen LogP contribution in [0.15, 0.2) is 48.8 Å². The van der Waals surface area contributed by atoms with Gasteiger partial charge in [0.15, 0.2) is 12.4 Å². The molecule has 3 aromatic carbocycles. The van der Waals surface area contributed by atoms with Gasteiger partial charge in [0.1, 0.15) is 22.5 Å². The van der Waals surface area contributed by atoms with Gasteiger partial charge in [0.05, 0.1) is 10.8 Å². The maximum Gasteiger partial charge on any atom is 0.348 e. The number of phenolic OH excluding ortho intramolecular Hbond substituents is 1. The first-order valence-corrected chi connectivity index (χ1v) is 8.54. The van der Waals surface area contributed by atoms with Gasteiger partial charge < -0.3 is 23.4 Å². The smallest absolute Gasteiger partial charge is 0.348 e. The van der Waals surface area contributed by atoms with Gasteiger partial charge in [-0.2, -0.15) is 0 Å². The lowest BCUT2D eigenvalue weighted by molar-refractivity contribution is 0.0522. The lowest BCUT2D eigenvalue weighted by Gasteiger charge is -2.15. The molecule has 0 aliphatic carbocycles. The van der Waals surface area contributed by atoms with Crippen molar-refractivity contribution < 1.29 is 23.4 Å². The summed E-state index contributed by atoms with van der Waals surface area (Å²) < 4.78 is 21.6. The third kappa shape index (κ3) is 2.07. The van der Waals surface area contributed by atoms with E-state index in [-0.39, 0.29) is 34.5 Å². The van der Waals surface area contributed by atoms with Gasteiger partial charge in [0, 0.05) is 23.3 Å². The van der Waals surface area contributed by atoms with Gasteiger partial charge >= 0.3 is 11.3 Å². The molecule has 5 rings (SSSR count). The van der Waals surface area contributed by atoms with Gasteiger partial charge in [-0.25, -0.2) is 9.59 Å². The van der Waals surface area contributed by atoms with Gasteiger partial charge in [0.2, 0.25) is 0 Å². The molecule has 140 valence electrons. The highest BCUT2D eigenvalue weighted by Crippen LogP contribution is 2.44. The summed E-state index contributed by atoms with van der Waals surface area (Å²) in [6.07, 6.45) is 0. The molecule has 0 aliphatic heterocycles. The fourth-order valence-corrected chi connectivity index (χ4v) is 3.79. The van der Waals surface area contributed by atoms with Gasteiger partial charge in [-0.05, 0) is 30.7 Å². The molecule has 0 spiro atoms. The van der Waals surface area contributed by atoms with Crippen molar-refractivity contribution in [3.8, 4) is 11.5 Å². The molecule has 0 aliphatic rings. The Morgan fingerprint density at radius 2 is 1.79 bits per heavy atom. The van der Waals surface area contributed by atoms with Crippen LogP contribution in [0.1, 0.15) is 5.56 Å². The summed E-state index contributed by atoms with van der Waals surface area (Å²) in [7, 11) is 1.48. The molecular formula is C21H14O7. The Morgan fingerprint density at radius 3 is 2.57 bits per heavy atom. The van der Waals surface area contributed by atoms with E-state index < -0.39 is 11.3 Å². The quantitative estimate of drug-likeness (QED) is 0.221. The van der Waals surface area contributed by atoms with Gasteiger partial charge in [-0.3, -0.25) is 0 Å². The number of hydrogen-bond acceptors (Lipinski definition) is 7. The van der Waals surface area contributed by atoms with Crippen LogP contribution in [0.3, 0.4) is 0 Å². The fourth-order valence-electron chi connectivity index (χ4n) is 3.79. The number of aryl methyl sites for hydroxylation is 1. The Bertz CT molecular complexity index is 1510. The third-order valence-electron chi connectivity index (χ3n) is 4.87. The zero-order valence-corrected chi connectivity index (χ0v) is 15.0. The highest BCUT2D eigenvalue weighted by Gasteiger charge is 2.25. The minimum absolute atomic E-state index is 0.0310. The second-order valence-electron chi connectivity index (χ2n) is 6.62. The van der Waals surface area contributed by atoms with Crippen molar-refractivity contribution in [2.24, 2.45) is 0 Å². The fraction of sp³-hybridized carbons (Fsp3) is 0.143. The Labute approximate surface area is 156 Å². The minimum Gasteiger partial charge on any atom is -0.506 e. The molecule has 0 atom stereocenters. The highest BCUT2D eigenvalue weighted by atomic mass is 16.7. The summed E-state index contributed by atoms with van der Waals surface area (Å²) in [5, 5.41) is 12.6. The topological polar surface area (TPSA) is 99.1 Å². The minimum atomic E-state index is -0.708. The van der Waals surface area contributed by atoms with Crippen LogP contribution in [0, 0.1) is 6.92 Å². The molecule has 5 aromatic rings. The zero-order valence-electron chi connectivity index (χ0n) is 15.0. The number of ether oxygens (including phenoxy) is 2. The van der Waals surface area contributed by atoms with Crippen molar-refractivity contribution in [2.75, 3.05) is 13.9 Å². The molecule has 0 saturated carbocycles. The van der Waals surface area contributed by atoms with E-state index in [0.29, 0.717) is 27.3 Å². The maximum atomic E-state index is 12.7. The summed E-state index contributed by atoms with van der Waals surface area (Å²) >= 11 is 0. The van der Waals surface area contributed by atoms with E-state index in [9.17, 15) is 14.7 Å². The SMILES string of the molecule is COCOc1cccc2c(O)c3c(=O)oc4cc(C)cc5c(=O)oc(c12)c3c45. The first-order chi connectivity index (χ1) is 13.5. The molecule has 1 N–H and O–H groups in total. The number of hydrogen-bond donors (Lipinski definition) is 1. The van der Waals surface area contributed by atoms with E-state index in [4.69, 9.17) is 18.3 Å². The average molecular weight is 378 g/mol. The molecule has 0 fully saturated rings. The first kappa shape index (κ1) is 16.6. The van der Waals surface area contributed by atoms with Crippen molar-refractivity contribution in [1.82, 2.24) is 0 Å². The molecule has 0 bridgehead atoms. The zero-order chi connectivity index (χ0) is 19.6. The predicted octanol–water partition coefficient (Wildman–Crippen LogP) is 3.64. The summed E-state index contributed by atoms with van der Waals surface area (Å²) in [4.78, 5) is 25.4. The van der Waals surface area contributed by atoms with E-state index >= 15 is 0 Å². The maximum absolute atomic E-state index is 12.7. The molecule has 7 nitrogen and oxygen atoms in total. The average Bonchev–Trinajstić information content (AvgIpc) is 2.67. The van der Waals surface area contributed by atoms with Crippen molar-refractivity contribution in [3.05, 3.63) is 56.7 Å². The Kier molecular flexibility index (Phi) is 3.38. The summed E-state index contributed by atoms with van der Waals surface area (Å²) in [6, 6.07) is 8.29. The lowest BCUT2D eigenvalue weighted by Crippen LogP contribution is -2.08.